The smallest absolute Gasteiger partial charge is 0.223 e. The molecule has 81 heavy (non-hydrogen) atoms. The molecule has 17 nitrogen and oxygen atoms in total. The molecule has 404 valence electrons. The Labute approximate surface area is 488 Å². The van der Waals surface area contributed by atoms with E-state index in [1.807, 2.05) is 42.5 Å². The van der Waals surface area contributed by atoms with Gasteiger partial charge in [-0.15, -0.1) is 0 Å². The van der Waals surface area contributed by atoms with Crippen molar-refractivity contribution < 1.29 is 13.2 Å². The van der Waals surface area contributed by atoms with Crippen LogP contribution in [0.3, 0.4) is 0 Å². The zero-order valence-corrected chi connectivity index (χ0v) is 46.2. The van der Waals surface area contributed by atoms with Crippen LogP contribution in [-0.2, 0) is 0 Å². The molecular formula is C55H39Cl3F3N17S3. The molecule has 0 amide bonds. The molecule has 11 aromatic rings. The number of nitrogens with one attached hydrogen (secondary N) is 3. The second-order valence-electron chi connectivity index (χ2n) is 16.3. The summed E-state index contributed by atoms with van der Waals surface area (Å²) in [6.45, 7) is 0. The van der Waals surface area contributed by atoms with Gasteiger partial charge in [0, 0.05) is 128 Å². The Morgan fingerprint density at radius 1 is 0.358 bits per heavy atom. The third-order valence-corrected chi connectivity index (χ3v) is 14.9. The molecule has 0 fully saturated rings. The molecule has 0 radical (unpaired) electrons. The zero-order valence-electron chi connectivity index (χ0n) is 41.5. The van der Waals surface area contributed by atoms with Crippen molar-refractivity contribution in [3.63, 3.8) is 0 Å². The summed E-state index contributed by atoms with van der Waals surface area (Å²) in [5, 5.41) is 10.2. The number of aromatic nitrogens is 11. The second kappa shape index (κ2) is 27.4. The molecule has 9 N–H and O–H groups in total. The molecule has 11 rings (SSSR count). The van der Waals surface area contributed by atoms with Crippen molar-refractivity contribution in [3.8, 4) is 22.5 Å². The average Bonchev–Trinajstić information content (AvgIpc) is 3.49. The first-order chi connectivity index (χ1) is 39.3. The first kappa shape index (κ1) is 56.9. The zero-order chi connectivity index (χ0) is 56.7. The number of hydrogen-bond donors (Lipinski definition) is 6. The van der Waals surface area contributed by atoms with E-state index in [9.17, 15) is 13.2 Å². The van der Waals surface area contributed by atoms with E-state index in [-0.39, 0.29) is 38.6 Å². The summed E-state index contributed by atoms with van der Waals surface area (Å²) in [6, 6.07) is 34.0. The van der Waals surface area contributed by atoms with E-state index in [1.54, 1.807) is 134 Å². The van der Waals surface area contributed by atoms with E-state index in [4.69, 9.17) is 52.0 Å². The van der Waals surface area contributed by atoms with E-state index in [2.05, 4.69) is 70.8 Å². The summed E-state index contributed by atoms with van der Waals surface area (Å²) in [5.74, 6) is -0.337. The van der Waals surface area contributed by atoms with Gasteiger partial charge in [0.25, 0.3) is 0 Å². The summed E-state index contributed by atoms with van der Waals surface area (Å²) in [5.41, 5.74) is 21.4. The minimum atomic E-state index is -0.689. The lowest BCUT2D eigenvalue weighted by atomic mass is 10.2. The van der Waals surface area contributed by atoms with Crippen molar-refractivity contribution in [3.05, 3.63) is 216 Å². The molecule has 0 saturated heterocycles. The van der Waals surface area contributed by atoms with Gasteiger partial charge in [-0.05, 0) is 103 Å². The lowest BCUT2D eigenvalue weighted by Gasteiger charge is -2.11. The highest BCUT2D eigenvalue weighted by molar-refractivity contribution is 8.00. The summed E-state index contributed by atoms with van der Waals surface area (Å²) >= 11 is 22.3. The number of nitrogen functional groups attached to an aromatic ring is 3. The maximum absolute atomic E-state index is 14.7. The van der Waals surface area contributed by atoms with E-state index < -0.39 is 17.5 Å². The summed E-state index contributed by atoms with van der Waals surface area (Å²) in [7, 11) is 0. The lowest BCUT2D eigenvalue weighted by molar-refractivity contribution is 0.541. The number of pyridine rings is 5. The Morgan fingerprint density at radius 2 is 0.728 bits per heavy atom. The van der Waals surface area contributed by atoms with Gasteiger partial charge in [-0.3, -0.25) is 24.9 Å². The first-order valence-electron chi connectivity index (χ1n) is 23.5. The van der Waals surface area contributed by atoms with Crippen LogP contribution in [0.25, 0.3) is 22.5 Å². The molecule has 26 heteroatoms. The van der Waals surface area contributed by atoms with Gasteiger partial charge in [0.15, 0.2) is 0 Å². The summed E-state index contributed by atoms with van der Waals surface area (Å²) in [6.07, 6.45) is 16.5. The normalized spacial score (nSPS) is 10.6. The van der Waals surface area contributed by atoms with E-state index in [0.717, 1.165) is 43.3 Å². The van der Waals surface area contributed by atoms with Crippen LogP contribution < -0.4 is 33.2 Å². The van der Waals surface area contributed by atoms with E-state index in [0.29, 0.717) is 49.3 Å². The van der Waals surface area contributed by atoms with Crippen LogP contribution in [0.1, 0.15) is 0 Å². The molecule has 0 aliphatic rings. The number of hydrogen-bond acceptors (Lipinski definition) is 20. The predicted octanol–water partition coefficient (Wildman–Crippen LogP) is 14.5. The van der Waals surface area contributed by atoms with Gasteiger partial charge in [0.05, 0.1) is 31.2 Å². The van der Waals surface area contributed by atoms with Crippen LogP contribution in [0, 0.1) is 17.5 Å². The first-order valence-corrected chi connectivity index (χ1v) is 27.1. The Balaban J connectivity index is 0.000000148. The number of nitrogens with zero attached hydrogens (tertiary/aromatic N) is 11. The molecule has 8 aromatic heterocycles. The van der Waals surface area contributed by atoms with Gasteiger partial charge in [-0.1, -0.05) is 70.1 Å². The largest absolute Gasteiger partial charge is 0.368 e. The maximum Gasteiger partial charge on any atom is 0.223 e. The van der Waals surface area contributed by atoms with Gasteiger partial charge in [0.1, 0.15) is 40.1 Å². The number of halogens is 6. The van der Waals surface area contributed by atoms with Crippen molar-refractivity contribution in [2.45, 2.75) is 29.4 Å². The fourth-order valence-corrected chi connectivity index (χ4v) is 10.3. The summed E-state index contributed by atoms with van der Waals surface area (Å²) < 4.78 is 43.8. The van der Waals surface area contributed by atoms with Gasteiger partial charge in [-0.25, -0.2) is 28.1 Å². The highest BCUT2D eigenvalue weighted by Gasteiger charge is 2.16. The van der Waals surface area contributed by atoms with Crippen molar-refractivity contribution in [1.82, 2.24) is 54.8 Å². The van der Waals surface area contributed by atoms with E-state index >= 15 is 0 Å². The van der Waals surface area contributed by atoms with Crippen LogP contribution in [0.4, 0.5) is 65.5 Å². The van der Waals surface area contributed by atoms with Crippen LogP contribution in [-0.4, -0.2) is 54.8 Å². The highest BCUT2D eigenvalue weighted by Crippen LogP contribution is 2.39. The topological polar surface area (TPSA) is 256 Å². The van der Waals surface area contributed by atoms with Crippen LogP contribution in [0.2, 0.25) is 15.2 Å². The minimum absolute atomic E-state index is 0.0348. The van der Waals surface area contributed by atoms with Crippen molar-refractivity contribution in [1.29, 1.82) is 0 Å². The monoisotopic (exact) mass is 1200 g/mol. The van der Waals surface area contributed by atoms with Gasteiger partial charge in [-0.2, -0.15) is 15.0 Å². The summed E-state index contributed by atoms with van der Waals surface area (Å²) in [4.78, 5) is 48.1. The Kier molecular flexibility index (Phi) is 19.2. The van der Waals surface area contributed by atoms with Gasteiger partial charge < -0.3 is 33.2 Å². The van der Waals surface area contributed by atoms with Gasteiger partial charge >= 0.3 is 0 Å². The molecular weight excluding hydrogens is 1160 g/mol. The predicted molar refractivity (Wildman–Crippen MR) is 315 cm³/mol. The van der Waals surface area contributed by atoms with Gasteiger partial charge in [0.2, 0.25) is 17.8 Å². The Bertz CT molecular complexity index is 3670. The molecule has 8 heterocycles. The second-order valence-corrected chi connectivity index (χ2v) is 20.8. The number of anilines is 9. The SMILES string of the molecule is Nc1nc(Cl)cc(Nc2ccc(Sc3ccncc3)c(Cl)c2)n1.Nc1nc(Nc2cc(F)c(Sc3ccncc3)c(Cl)c2)cc(-c2ccncc2)n1.Nc1nc(Nc2cc(F)c(Sc3ccncc3)c(F)c2)cc(-c2ccncc2)n1. The van der Waals surface area contributed by atoms with Crippen molar-refractivity contribution in [2.75, 3.05) is 33.2 Å². The number of benzene rings is 3. The average molecular weight is 1200 g/mol. The van der Waals surface area contributed by atoms with E-state index in [1.165, 1.54) is 30.0 Å². The fourth-order valence-electron chi connectivity index (χ4n) is 7.05. The molecule has 3 aromatic carbocycles. The Hall–Kier alpha value is -8.84. The molecule has 0 saturated carbocycles. The Morgan fingerprint density at radius 3 is 1.17 bits per heavy atom. The third kappa shape index (κ3) is 16.4. The van der Waals surface area contributed by atoms with Crippen LogP contribution in [0.15, 0.2) is 213 Å². The third-order valence-electron chi connectivity index (χ3n) is 10.5. The maximum atomic E-state index is 14.7. The molecule has 0 aliphatic heterocycles. The van der Waals surface area contributed by atoms with Crippen LogP contribution >= 0.6 is 70.1 Å². The number of rotatable bonds is 14. The molecule has 0 atom stereocenters. The molecule has 0 bridgehead atoms. The highest BCUT2D eigenvalue weighted by atomic mass is 35.5. The lowest BCUT2D eigenvalue weighted by Crippen LogP contribution is -2.02. The van der Waals surface area contributed by atoms with Crippen molar-refractivity contribution in [2.24, 2.45) is 0 Å². The van der Waals surface area contributed by atoms with Crippen LogP contribution in [0.5, 0.6) is 0 Å². The molecule has 0 aliphatic carbocycles. The fraction of sp³-hybridized carbons (Fsp3) is 0. The number of nitrogens with two attached hydrogens (primary N) is 3. The van der Waals surface area contributed by atoms with Crippen molar-refractivity contribution >= 4 is 122 Å². The quantitative estimate of drug-likeness (QED) is 0.0553. The standard InChI is InChI=1S/C20H14ClFN6S.C20H14F2N6S.C15H11Cl2N5S/c2*21-15-9-13(10-16(22)19(15)29-14-3-7-25-8-4-14)26-18-11-17(27-20(23)28-18)12-1-5-24-6-2-12;16-11-7-9(20-14-8-13(17)21-15(18)22-14)1-2-12(11)23-10-3-5-19-6-4-10/h2*1-11H,(H3,23,26,27,28);1-8H,(H3,18,20,21,22). The molecule has 0 unspecified atom stereocenters. The minimum Gasteiger partial charge on any atom is -0.368 e. The molecule has 0 spiro atoms.